The van der Waals surface area contributed by atoms with Gasteiger partial charge in [0.15, 0.2) is 11.5 Å². The number of aromatic nitrogens is 4. The van der Waals surface area contributed by atoms with Crippen molar-refractivity contribution in [3.63, 3.8) is 0 Å². The van der Waals surface area contributed by atoms with Crippen LogP contribution >= 0.6 is 0 Å². The summed E-state index contributed by atoms with van der Waals surface area (Å²) < 4.78 is 42.0. The van der Waals surface area contributed by atoms with Crippen LogP contribution in [0, 0.1) is 0 Å². The Bertz CT molecular complexity index is 1610. The number of amides is 1. The van der Waals surface area contributed by atoms with Crippen molar-refractivity contribution in [3.05, 3.63) is 78.1 Å². The van der Waals surface area contributed by atoms with Crippen molar-refractivity contribution in [1.82, 2.24) is 29.7 Å². The van der Waals surface area contributed by atoms with E-state index in [9.17, 15) is 18.0 Å². The van der Waals surface area contributed by atoms with Crippen LogP contribution in [0.5, 0.6) is 0 Å². The zero-order valence-electron chi connectivity index (χ0n) is 21.7. The van der Waals surface area contributed by atoms with Crippen molar-refractivity contribution in [1.29, 1.82) is 0 Å². The van der Waals surface area contributed by atoms with Gasteiger partial charge in [-0.15, -0.1) is 0 Å². The van der Waals surface area contributed by atoms with E-state index >= 15 is 0 Å². The van der Waals surface area contributed by atoms with E-state index in [0.717, 1.165) is 49.2 Å². The predicted molar refractivity (Wildman–Crippen MR) is 146 cm³/mol. The number of halogens is 3. The molecule has 1 aromatic carbocycles. The molecule has 1 unspecified atom stereocenters. The fourth-order valence-corrected chi connectivity index (χ4v) is 5.75. The highest BCUT2D eigenvalue weighted by atomic mass is 19.4. The third-order valence-corrected chi connectivity index (χ3v) is 7.78. The molecule has 0 bridgehead atoms. The van der Waals surface area contributed by atoms with Crippen molar-refractivity contribution in [3.8, 4) is 17.1 Å². The topological polar surface area (TPSA) is 102 Å². The maximum absolute atomic E-state index is 13.4. The zero-order chi connectivity index (χ0) is 28.0. The molecule has 40 heavy (non-hydrogen) atoms. The summed E-state index contributed by atoms with van der Waals surface area (Å²) in [7, 11) is 0. The predicted octanol–water partition coefficient (Wildman–Crippen LogP) is 4.84. The largest absolute Gasteiger partial charge is 0.417 e. The number of carbonyl (C=O) groups is 1. The van der Waals surface area contributed by atoms with Gasteiger partial charge in [-0.25, -0.2) is 15.0 Å². The van der Waals surface area contributed by atoms with Crippen LogP contribution in [0.2, 0.25) is 0 Å². The summed E-state index contributed by atoms with van der Waals surface area (Å²) in [6.45, 7) is 4.99. The molecule has 1 fully saturated rings. The van der Waals surface area contributed by atoms with Crippen LogP contribution in [0.3, 0.4) is 0 Å². The number of aryl methyl sites for hydroxylation is 1. The molecule has 0 radical (unpaired) electrons. The second kappa shape index (κ2) is 10.1. The Labute approximate surface area is 228 Å². The van der Waals surface area contributed by atoms with E-state index in [-0.39, 0.29) is 23.3 Å². The van der Waals surface area contributed by atoms with E-state index in [0.29, 0.717) is 36.2 Å². The first-order chi connectivity index (χ1) is 19.2. The van der Waals surface area contributed by atoms with Crippen molar-refractivity contribution in [2.45, 2.75) is 43.9 Å². The van der Waals surface area contributed by atoms with Gasteiger partial charge in [-0.3, -0.25) is 9.36 Å². The Balaban J connectivity index is 1.33. The first-order valence-electron chi connectivity index (χ1n) is 13.2. The molecule has 11 heteroatoms. The lowest BCUT2D eigenvalue weighted by atomic mass is 10.0. The molecule has 206 valence electrons. The first kappa shape index (κ1) is 26.0. The highest BCUT2D eigenvalue weighted by Crippen LogP contribution is 2.37. The van der Waals surface area contributed by atoms with Gasteiger partial charge in [-0.05, 0) is 73.2 Å². The molecule has 1 saturated heterocycles. The summed E-state index contributed by atoms with van der Waals surface area (Å²) in [5.74, 6) is 0.572. The van der Waals surface area contributed by atoms with Crippen molar-refractivity contribution in [2.75, 3.05) is 18.8 Å². The van der Waals surface area contributed by atoms with Crippen molar-refractivity contribution < 1.29 is 18.0 Å². The summed E-state index contributed by atoms with van der Waals surface area (Å²) in [4.78, 5) is 26.6. The molecular weight excluding hydrogens is 519 g/mol. The SMILES string of the molecule is C=CC(=O)N1CCC(NC2CCc3cc(-n4c(-c5cccnc5N)nc5cc(C(F)(F)F)cnc54)ccc32)CC1. The van der Waals surface area contributed by atoms with E-state index < -0.39 is 11.7 Å². The smallest absolute Gasteiger partial charge is 0.383 e. The number of carbonyl (C=O) groups excluding carboxylic acids is 1. The summed E-state index contributed by atoms with van der Waals surface area (Å²) in [6.07, 6.45) is 2.76. The summed E-state index contributed by atoms with van der Waals surface area (Å²) in [5.41, 5.74) is 9.32. The molecule has 4 aromatic rings. The standard InChI is InChI=1S/C29H28F3N7O/c1-2-25(40)38-12-9-19(10-13-38)36-23-8-5-17-14-20(6-7-21(17)23)39-27(22-4-3-11-34-26(22)33)37-24-15-18(29(30,31)32)16-35-28(24)39/h2-4,6-7,11,14-16,19,23,36H,1,5,8-10,12-13H2,(H2,33,34). The number of nitrogen functional groups attached to an aromatic ring is 1. The van der Waals surface area contributed by atoms with E-state index in [1.54, 1.807) is 22.9 Å². The van der Waals surface area contributed by atoms with Crippen LogP contribution in [0.15, 0.2) is 61.4 Å². The summed E-state index contributed by atoms with van der Waals surface area (Å²) in [6, 6.07) is 11.0. The molecule has 1 aliphatic carbocycles. The maximum Gasteiger partial charge on any atom is 0.417 e. The van der Waals surface area contributed by atoms with Gasteiger partial charge in [0.25, 0.3) is 0 Å². The number of piperidine rings is 1. The molecule has 0 spiro atoms. The average Bonchev–Trinajstić information content (AvgIpc) is 3.53. The quantitative estimate of drug-likeness (QED) is 0.347. The van der Waals surface area contributed by atoms with Crippen LogP contribution in [-0.4, -0.2) is 49.5 Å². The summed E-state index contributed by atoms with van der Waals surface area (Å²) in [5, 5.41) is 3.77. The highest BCUT2D eigenvalue weighted by molar-refractivity contribution is 5.87. The second-order valence-electron chi connectivity index (χ2n) is 10.2. The van der Waals surface area contributed by atoms with Crippen LogP contribution in [0.1, 0.15) is 42.0 Å². The number of fused-ring (bicyclic) bond motifs is 2. The number of hydrogen-bond acceptors (Lipinski definition) is 6. The third kappa shape index (κ3) is 4.70. The molecule has 1 atom stereocenters. The van der Waals surface area contributed by atoms with Gasteiger partial charge in [0, 0.05) is 43.3 Å². The van der Waals surface area contributed by atoms with Crippen LogP contribution in [0.4, 0.5) is 19.0 Å². The molecule has 8 nitrogen and oxygen atoms in total. The van der Waals surface area contributed by atoms with Gasteiger partial charge in [0.1, 0.15) is 11.3 Å². The molecule has 3 aromatic heterocycles. The van der Waals surface area contributed by atoms with Gasteiger partial charge in [-0.1, -0.05) is 12.6 Å². The highest BCUT2D eigenvalue weighted by Gasteiger charge is 2.33. The number of alkyl halides is 3. The second-order valence-corrected chi connectivity index (χ2v) is 10.2. The van der Waals surface area contributed by atoms with E-state index in [1.165, 1.54) is 11.6 Å². The Morgan fingerprint density at radius 3 is 2.65 bits per heavy atom. The summed E-state index contributed by atoms with van der Waals surface area (Å²) >= 11 is 0. The Hall–Kier alpha value is -4.25. The first-order valence-corrected chi connectivity index (χ1v) is 13.2. The molecule has 4 heterocycles. The zero-order valence-corrected chi connectivity index (χ0v) is 21.7. The Morgan fingerprint density at radius 2 is 1.93 bits per heavy atom. The van der Waals surface area contributed by atoms with Crippen molar-refractivity contribution >= 4 is 22.9 Å². The number of anilines is 1. The number of rotatable bonds is 5. The molecule has 1 aliphatic heterocycles. The van der Waals surface area contributed by atoms with E-state index in [2.05, 4.69) is 39.0 Å². The number of hydrogen-bond donors (Lipinski definition) is 2. The molecule has 3 N–H and O–H groups in total. The lowest BCUT2D eigenvalue weighted by Gasteiger charge is -2.33. The van der Waals surface area contributed by atoms with E-state index in [1.807, 2.05) is 11.0 Å². The van der Waals surface area contributed by atoms with Crippen LogP contribution in [0.25, 0.3) is 28.2 Å². The lowest BCUT2D eigenvalue weighted by Crippen LogP contribution is -2.45. The minimum atomic E-state index is -4.54. The normalized spacial score (nSPS) is 17.8. The molecule has 6 rings (SSSR count). The number of imidazole rings is 1. The average molecular weight is 548 g/mol. The number of nitrogens with zero attached hydrogens (tertiary/aromatic N) is 5. The Kier molecular flexibility index (Phi) is 6.53. The lowest BCUT2D eigenvalue weighted by molar-refractivity contribution is -0.137. The fourth-order valence-electron chi connectivity index (χ4n) is 5.75. The number of benzene rings is 1. The minimum Gasteiger partial charge on any atom is -0.383 e. The number of nitrogens with two attached hydrogens (primary N) is 1. The van der Waals surface area contributed by atoms with Gasteiger partial charge in [0.2, 0.25) is 5.91 Å². The Morgan fingerprint density at radius 1 is 1.12 bits per heavy atom. The van der Waals surface area contributed by atoms with Crippen LogP contribution < -0.4 is 11.1 Å². The number of pyridine rings is 2. The van der Waals surface area contributed by atoms with Gasteiger partial charge >= 0.3 is 6.18 Å². The molecular formula is C29H28F3N7O. The van der Waals surface area contributed by atoms with Gasteiger partial charge in [0.05, 0.1) is 11.1 Å². The number of nitrogens with one attached hydrogen (secondary N) is 1. The minimum absolute atomic E-state index is 0.0271. The van der Waals surface area contributed by atoms with Crippen LogP contribution in [-0.2, 0) is 17.4 Å². The third-order valence-electron chi connectivity index (χ3n) is 7.78. The number of likely N-dealkylation sites (tertiary alicyclic amines) is 1. The monoisotopic (exact) mass is 547 g/mol. The molecule has 1 amide bonds. The van der Waals surface area contributed by atoms with Crippen molar-refractivity contribution in [2.24, 2.45) is 0 Å². The molecule has 2 aliphatic rings. The van der Waals surface area contributed by atoms with Gasteiger partial charge < -0.3 is 16.0 Å². The van der Waals surface area contributed by atoms with E-state index in [4.69, 9.17) is 5.73 Å². The van der Waals surface area contributed by atoms with Gasteiger partial charge in [-0.2, -0.15) is 13.2 Å². The maximum atomic E-state index is 13.4. The molecule has 0 saturated carbocycles. The fraction of sp³-hybridized carbons (Fsp3) is 0.310.